The maximum atomic E-state index is 4.49. The molecular weight excluding hydrogens is 222 g/mol. The van der Waals surface area contributed by atoms with Gasteiger partial charge in [-0.15, -0.1) is 11.3 Å². The summed E-state index contributed by atoms with van der Waals surface area (Å²) in [7, 11) is -0.157. The third-order valence-electron chi connectivity index (χ3n) is 2.24. The number of aryl methyl sites for hydroxylation is 1. The highest BCUT2D eigenvalue weighted by Gasteiger charge is 2.08. The van der Waals surface area contributed by atoms with Gasteiger partial charge in [0.05, 0.1) is 15.4 Å². The summed E-state index contributed by atoms with van der Waals surface area (Å²) in [5.41, 5.74) is 0. The van der Waals surface area contributed by atoms with Crippen LogP contribution in [-0.2, 0) is 6.42 Å². The van der Waals surface area contributed by atoms with Crippen LogP contribution in [0, 0.1) is 5.92 Å². The fourth-order valence-electron chi connectivity index (χ4n) is 1.37. The van der Waals surface area contributed by atoms with Crippen molar-refractivity contribution in [2.45, 2.75) is 30.9 Å². The van der Waals surface area contributed by atoms with Crippen molar-refractivity contribution in [2.75, 3.05) is 0 Å². The largest absolute Gasteiger partial charge is 0.249 e. The molecule has 0 bridgehead atoms. The average Bonchev–Trinajstić information content (AvgIpc) is 2.85. The van der Waals surface area contributed by atoms with Gasteiger partial charge in [-0.2, -0.15) is 10.9 Å². The molecule has 3 heteroatoms. The zero-order valence-electron chi connectivity index (χ0n) is 9.10. The third kappa shape index (κ3) is 2.95. The van der Waals surface area contributed by atoms with Crippen LogP contribution < -0.4 is 0 Å². The Morgan fingerprint density at radius 3 is 2.73 bits per heavy atom. The van der Waals surface area contributed by atoms with Crippen molar-refractivity contribution in [1.29, 1.82) is 0 Å². The predicted octanol–water partition coefficient (Wildman–Crippen LogP) is 4.09. The van der Waals surface area contributed by atoms with Crippen molar-refractivity contribution in [1.82, 2.24) is 4.98 Å². The molecule has 1 aromatic heterocycles. The van der Waals surface area contributed by atoms with E-state index in [0.29, 0.717) is 0 Å². The van der Waals surface area contributed by atoms with Gasteiger partial charge in [0.1, 0.15) is 0 Å². The summed E-state index contributed by atoms with van der Waals surface area (Å²) in [6.45, 7) is 4.36. The van der Waals surface area contributed by atoms with Crippen LogP contribution in [0.1, 0.15) is 25.3 Å². The lowest BCUT2D eigenvalue weighted by atomic mass is 10.1. The lowest BCUT2D eigenvalue weighted by Crippen LogP contribution is -1.88. The number of hydrogen-bond acceptors (Lipinski definition) is 2. The van der Waals surface area contributed by atoms with Gasteiger partial charge in [0, 0.05) is 0 Å². The molecule has 0 atom stereocenters. The minimum absolute atomic E-state index is 0.157. The smallest absolute Gasteiger partial charge is 0.0936 e. The molecule has 0 saturated heterocycles. The summed E-state index contributed by atoms with van der Waals surface area (Å²) in [6, 6.07) is 0. The molecule has 0 aliphatic carbocycles. The number of allylic oxidation sites excluding steroid dienone is 2. The molecule has 81 valence electrons. The summed E-state index contributed by atoms with van der Waals surface area (Å²) < 4.78 is 1.43. The lowest BCUT2D eigenvalue weighted by Gasteiger charge is -2.04. The highest BCUT2D eigenvalue weighted by molar-refractivity contribution is 8.23. The molecule has 0 saturated carbocycles. The molecule has 0 amide bonds. The van der Waals surface area contributed by atoms with Crippen LogP contribution in [0.5, 0.6) is 0 Å². The summed E-state index contributed by atoms with van der Waals surface area (Å²) in [6.07, 6.45) is 8.58. The molecule has 1 aliphatic heterocycles. The summed E-state index contributed by atoms with van der Waals surface area (Å²) >= 11 is 1.87. The SMILES string of the molecule is C[C](C)CCc1ncc([SH]2C=CC=C2)s1. The van der Waals surface area contributed by atoms with Crippen LogP contribution in [-0.4, -0.2) is 4.98 Å². The molecule has 0 N–H and O–H groups in total. The molecule has 0 fully saturated rings. The van der Waals surface area contributed by atoms with Gasteiger partial charge in [-0.3, -0.25) is 0 Å². The van der Waals surface area contributed by atoms with Gasteiger partial charge in [-0.25, -0.2) is 4.98 Å². The van der Waals surface area contributed by atoms with Gasteiger partial charge in [0.15, 0.2) is 0 Å². The van der Waals surface area contributed by atoms with E-state index in [-0.39, 0.29) is 10.9 Å². The van der Waals surface area contributed by atoms with Crippen LogP contribution >= 0.6 is 22.2 Å². The van der Waals surface area contributed by atoms with Gasteiger partial charge in [0.25, 0.3) is 0 Å². The molecular formula is C12H16NS2. The van der Waals surface area contributed by atoms with E-state index in [0.717, 1.165) is 12.8 Å². The van der Waals surface area contributed by atoms with Crippen molar-refractivity contribution in [2.24, 2.45) is 0 Å². The number of thiol groups is 1. The first kappa shape index (κ1) is 11.0. The van der Waals surface area contributed by atoms with Crippen molar-refractivity contribution >= 4 is 22.2 Å². The highest BCUT2D eigenvalue weighted by atomic mass is 32.2. The number of hydrogen-bond donors (Lipinski definition) is 1. The van der Waals surface area contributed by atoms with Gasteiger partial charge >= 0.3 is 0 Å². The van der Waals surface area contributed by atoms with Gasteiger partial charge < -0.3 is 0 Å². The quantitative estimate of drug-likeness (QED) is 0.780. The molecule has 1 radical (unpaired) electrons. The average molecular weight is 238 g/mol. The Morgan fingerprint density at radius 2 is 2.07 bits per heavy atom. The van der Waals surface area contributed by atoms with Crippen molar-refractivity contribution in [3.05, 3.63) is 40.1 Å². The predicted molar refractivity (Wildman–Crippen MR) is 70.6 cm³/mol. The third-order valence-corrected chi connectivity index (χ3v) is 5.62. The van der Waals surface area contributed by atoms with E-state index in [1.165, 1.54) is 15.1 Å². The standard InChI is InChI=1S/C12H16NS2/c1-10(2)5-6-11-13-9-12(14-11)15-7-3-4-8-15/h3-4,7-9,15H,5-6H2,1-2H3. The Balaban J connectivity index is 1.98. The number of nitrogens with zero attached hydrogens (tertiary/aromatic N) is 1. The first-order valence-corrected chi connectivity index (χ1v) is 7.42. The summed E-state index contributed by atoms with van der Waals surface area (Å²) in [5, 5.41) is 5.84. The van der Waals surface area contributed by atoms with Crippen LogP contribution in [0.4, 0.5) is 0 Å². The molecule has 15 heavy (non-hydrogen) atoms. The Hall–Kier alpha value is -0.540. The molecule has 2 heterocycles. The van der Waals surface area contributed by atoms with Gasteiger partial charge in [0.2, 0.25) is 0 Å². The monoisotopic (exact) mass is 238 g/mol. The van der Waals surface area contributed by atoms with Crippen LogP contribution in [0.3, 0.4) is 0 Å². The van der Waals surface area contributed by atoms with Crippen molar-refractivity contribution < 1.29 is 0 Å². The van der Waals surface area contributed by atoms with Crippen LogP contribution in [0.15, 0.2) is 33.4 Å². The second kappa shape index (κ2) is 4.99. The molecule has 2 rings (SSSR count). The van der Waals surface area contributed by atoms with Crippen LogP contribution in [0.2, 0.25) is 0 Å². The maximum Gasteiger partial charge on any atom is 0.0936 e. The first-order chi connectivity index (χ1) is 7.25. The van der Waals surface area contributed by atoms with E-state index >= 15 is 0 Å². The van der Waals surface area contributed by atoms with E-state index in [1.54, 1.807) is 0 Å². The number of thiazole rings is 1. The number of rotatable bonds is 4. The topological polar surface area (TPSA) is 12.9 Å². The Morgan fingerprint density at radius 1 is 1.33 bits per heavy atom. The Bertz CT molecular complexity index is 365. The summed E-state index contributed by atoms with van der Waals surface area (Å²) in [4.78, 5) is 4.49. The fraction of sp³-hybridized carbons (Fsp3) is 0.333. The summed E-state index contributed by atoms with van der Waals surface area (Å²) in [5.74, 6) is 1.48. The minimum Gasteiger partial charge on any atom is -0.249 e. The van der Waals surface area contributed by atoms with E-state index in [2.05, 4.69) is 48.0 Å². The Kier molecular flexibility index (Phi) is 3.65. The lowest BCUT2D eigenvalue weighted by molar-refractivity contribution is 0.825. The molecule has 0 unspecified atom stereocenters. The van der Waals surface area contributed by atoms with E-state index in [9.17, 15) is 0 Å². The molecule has 1 aromatic rings. The normalized spacial score (nSPS) is 16.9. The Labute approximate surface area is 98.3 Å². The minimum atomic E-state index is -0.157. The van der Waals surface area contributed by atoms with Crippen molar-refractivity contribution in [3.8, 4) is 0 Å². The molecule has 1 aliphatic rings. The van der Waals surface area contributed by atoms with Crippen molar-refractivity contribution in [3.63, 3.8) is 0 Å². The first-order valence-electron chi connectivity index (χ1n) is 5.13. The molecule has 1 nitrogen and oxygen atoms in total. The van der Waals surface area contributed by atoms with Crippen LogP contribution in [0.25, 0.3) is 0 Å². The van der Waals surface area contributed by atoms with E-state index in [1.807, 2.05) is 11.3 Å². The van der Waals surface area contributed by atoms with Gasteiger partial charge in [-0.05, 0) is 29.6 Å². The van der Waals surface area contributed by atoms with E-state index < -0.39 is 0 Å². The maximum absolute atomic E-state index is 4.49. The molecule has 0 aromatic carbocycles. The zero-order chi connectivity index (χ0) is 10.7. The highest BCUT2D eigenvalue weighted by Crippen LogP contribution is 2.44. The second-order valence-corrected chi connectivity index (χ2v) is 7.20. The zero-order valence-corrected chi connectivity index (χ0v) is 10.8. The number of aromatic nitrogens is 1. The second-order valence-electron chi connectivity index (χ2n) is 3.89. The van der Waals surface area contributed by atoms with Gasteiger partial charge in [-0.1, -0.05) is 26.0 Å². The molecule has 0 spiro atoms. The fourth-order valence-corrected chi connectivity index (χ4v) is 4.29. The van der Waals surface area contributed by atoms with E-state index in [4.69, 9.17) is 0 Å².